The van der Waals surface area contributed by atoms with Crippen molar-refractivity contribution < 1.29 is 19.4 Å². The molecule has 11 nitrogen and oxygen atoms in total. The zero-order valence-electron chi connectivity index (χ0n) is 20.8. The molecule has 0 fully saturated rings. The minimum atomic E-state index is -1.03. The number of hydrogen-bond donors (Lipinski definition) is 3. The second-order valence-corrected chi connectivity index (χ2v) is 9.14. The molecule has 3 heterocycles. The molecule has 0 saturated carbocycles. The highest BCUT2D eigenvalue weighted by Gasteiger charge is 2.34. The molecule has 0 aromatic carbocycles. The molecule has 2 aromatic heterocycles. The minimum Gasteiger partial charge on any atom is -0.387 e. The topological polar surface area (TPSA) is 150 Å². The third-order valence-electron chi connectivity index (χ3n) is 5.82. The van der Waals surface area contributed by atoms with E-state index in [-0.39, 0.29) is 6.54 Å². The van der Waals surface area contributed by atoms with Crippen LogP contribution in [0.1, 0.15) is 48.2 Å². The first kappa shape index (κ1) is 26.3. The summed E-state index contributed by atoms with van der Waals surface area (Å²) in [7, 11) is 6.77. The van der Waals surface area contributed by atoms with E-state index < -0.39 is 24.0 Å². The summed E-state index contributed by atoms with van der Waals surface area (Å²) in [5.41, 5.74) is 7.59. The number of primary amides is 1. The van der Waals surface area contributed by atoms with E-state index in [4.69, 9.17) is 15.2 Å². The van der Waals surface area contributed by atoms with Crippen LogP contribution in [-0.4, -0.2) is 73.0 Å². The number of urea groups is 1. The van der Waals surface area contributed by atoms with Crippen LogP contribution in [0.15, 0.2) is 24.4 Å². The van der Waals surface area contributed by atoms with Crippen molar-refractivity contribution in [1.82, 2.24) is 14.9 Å². The van der Waals surface area contributed by atoms with Gasteiger partial charge >= 0.3 is 6.03 Å². The number of carbonyl (C=O) groups is 1. The Hall–Kier alpha value is -3.30. The average molecular weight is 484 g/mol. The number of amides is 2. The number of nitrogens with zero attached hydrogens (tertiary/aromatic N) is 5. The van der Waals surface area contributed by atoms with Crippen LogP contribution < -0.4 is 16.0 Å². The Bertz CT molecular complexity index is 1100. The van der Waals surface area contributed by atoms with E-state index in [1.54, 1.807) is 19.1 Å². The summed E-state index contributed by atoms with van der Waals surface area (Å²) in [4.78, 5) is 25.0. The van der Waals surface area contributed by atoms with Gasteiger partial charge in [0.05, 0.1) is 34.3 Å². The van der Waals surface area contributed by atoms with Gasteiger partial charge in [0, 0.05) is 33.5 Å². The van der Waals surface area contributed by atoms with Crippen LogP contribution in [0.2, 0.25) is 0 Å². The Morgan fingerprint density at radius 3 is 2.74 bits per heavy atom. The second-order valence-electron chi connectivity index (χ2n) is 9.14. The molecule has 3 rings (SSSR count). The van der Waals surface area contributed by atoms with Crippen LogP contribution in [0, 0.1) is 11.3 Å². The number of ether oxygens (including phenoxy) is 2. The highest BCUT2D eigenvalue weighted by atomic mass is 16.7. The fourth-order valence-corrected chi connectivity index (χ4v) is 4.38. The first-order valence-corrected chi connectivity index (χ1v) is 11.2. The number of nitrogens with one attached hydrogen (secondary N) is 1. The van der Waals surface area contributed by atoms with Crippen LogP contribution in [0.25, 0.3) is 0 Å². The van der Waals surface area contributed by atoms with Crippen molar-refractivity contribution in [3.63, 3.8) is 0 Å². The van der Waals surface area contributed by atoms with E-state index >= 15 is 0 Å². The number of carbonyl (C=O) groups excluding carboxylic acids is 1. The third-order valence-corrected chi connectivity index (χ3v) is 5.82. The molecule has 2 amide bonds. The van der Waals surface area contributed by atoms with E-state index in [1.165, 1.54) is 25.3 Å². The number of likely N-dealkylation sites (N-methyl/N-ethyl adjacent to an activating group) is 1. The number of aryl methyl sites for hydroxylation is 1. The first-order chi connectivity index (χ1) is 16.6. The SMILES string of the molecule is COC(OC)c1ccc2c(n1)N(C(N)=O)C(c1cc(NCC(C)(O)CN(C)C)c(C#N)cn1)CC2. The smallest absolute Gasteiger partial charge is 0.321 e. The molecule has 4 N–H and O–H groups in total. The van der Waals surface area contributed by atoms with E-state index in [0.717, 1.165) is 5.56 Å². The lowest BCUT2D eigenvalue weighted by molar-refractivity contribution is -0.108. The lowest BCUT2D eigenvalue weighted by atomic mass is 9.95. The summed E-state index contributed by atoms with van der Waals surface area (Å²) < 4.78 is 10.6. The number of fused-ring (bicyclic) bond motifs is 1. The molecule has 188 valence electrons. The van der Waals surface area contributed by atoms with Crippen LogP contribution in [0.5, 0.6) is 0 Å². The van der Waals surface area contributed by atoms with Gasteiger partial charge < -0.3 is 30.5 Å². The van der Waals surface area contributed by atoms with Crippen LogP contribution >= 0.6 is 0 Å². The molecule has 35 heavy (non-hydrogen) atoms. The lowest BCUT2D eigenvalue weighted by Crippen LogP contribution is -2.43. The summed E-state index contributed by atoms with van der Waals surface area (Å²) in [6.45, 7) is 2.38. The van der Waals surface area contributed by atoms with Gasteiger partial charge in [-0.3, -0.25) is 9.88 Å². The van der Waals surface area contributed by atoms with Gasteiger partial charge in [0.15, 0.2) is 0 Å². The second kappa shape index (κ2) is 11.0. The Morgan fingerprint density at radius 1 is 1.43 bits per heavy atom. The maximum Gasteiger partial charge on any atom is 0.321 e. The fourth-order valence-electron chi connectivity index (χ4n) is 4.38. The largest absolute Gasteiger partial charge is 0.387 e. The van der Waals surface area contributed by atoms with Crippen molar-refractivity contribution in [3.8, 4) is 6.07 Å². The Balaban J connectivity index is 1.96. The standard InChI is InChI=1S/C24H33N7O4/c1-24(33,14-30(2)3)13-28-18-10-19(27-12-16(18)11-25)20-9-7-15-6-8-17(22(34-4)35-5)29-21(15)31(20)23(26)32/h6,8,10,12,20,22,33H,7,9,13-14H2,1-5H3,(H2,26,32)(H,27,28). The number of rotatable bonds is 9. The highest BCUT2D eigenvalue weighted by Crippen LogP contribution is 2.38. The van der Waals surface area contributed by atoms with E-state index in [1.807, 2.05) is 25.1 Å². The molecular weight excluding hydrogens is 450 g/mol. The van der Waals surface area contributed by atoms with Crippen molar-refractivity contribution in [2.75, 3.05) is 51.6 Å². The van der Waals surface area contributed by atoms with E-state index in [9.17, 15) is 15.2 Å². The van der Waals surface area contributed by atoms with Crippen molar-refractivity contribution in [3.05, 3.63) is 46.9 Å². The predicted molar refractivity (Wildman–Crippen MR) is 131 cm³/mol. The maximum absolute atomic E-state index is 12.6. The number of nitrogens with two attached hydrogens (primary N) is 1. The van der Waals surface area contributed by atoms with Gasteiger partial charge in [0.25, 0.3) is 0 Å². The van der Waals surface area contributed by atoms with Gasteiger partial charge in [-0.25, -0.2) is 9.78 Å². The van der Waals surface area contributed by atoms with E-state index in [0.29, 0.717) is 47.8 Å². The maximum atomic E-state index is 12.6. The van der Waals surface area contributed by atoms with Gasteiger partial charge in [-0.2, -0.15) is 5.26 Å². The minimum absolute atomic E-state index is 0.219. The Kier molecular flexibility index (Phi) is 8.24. The number of aromatic nitrogens is 2. The number of pyridine rings is 2. The van der Waals surface area contributed by atoms with Crippen molar-refractivity contribution >= 4 is 17.5 Å². The highest BCUT2D eigenvalue weighted by molar-refractivity contribution is 5.91. The van der Waals surface area contributed by atoms with Gasteiger partial charge in [0.1, 0.15) is 11.9 Å². The van der Waals surface area contributed by atoms with Gasteiger partial charge in [-0.1, -0.05) is 6.07 Å². The van der Waals surface area contributed by atoms with Crippen molar-refractivity contribution in [2.45, 2.75) is 37.7 Å². The molecule has 2 aromatic rings. The number of anilines is 2. The number of hydrogen-bond acceptors (Lipinski definition) is 9. The quantitative estimate of drug-likeness (QED) is 0.455. The van der Waals surface area contributed by atoms with Crippen molar-refractivity contribution in [1.29, 1.82) is 5.26 Å². The molecule has 0 saturated heterocycles. The molecular formula is C24H33N7O4. The summed E-state index contributed by atoms with van der Waals surface area (Å²) in [5.74, 6) is 0.430. The fraction of sp³-hybridized carbons (Fsp3) is 0.500. The summed E-state index contributed by atoms with van der Waals surface area (Å²) in [5, 5.41) is 23.4. The van der Waals surface area contributed by atoms with E-state index in [2.05, 4.69) is 21.4 Å². The molecule has 11 heteroatoms. The molecule has 1 aliphatic rings. The molecule has 1 aliphatic heterocycles. The average Bonchev–Trinajstić information content (AvgIpc) is 2.81. The molecule has 0 bridgehead atoms. The molecule has 0 aliphatic carbocycles. The van der Waals surface area contributed by atoms with Gasteiger partial charge in [-0.05, 0) is 51.6 Å². The number of aliphatic hydroxyl groups is 1. The molecule has 0 radical (unpaired) electrons. The summed E-state index contributed by atoms with van der Waals surface area (Å²) in [6.07, 6.45) is 2.01. The summed E-state index contributed by atoms with van der Waals surface area (Å²) >= 11 is 0. The van der Waals surface area contributed by atoms with Crippen LogP contribution in [0.4, 0.5) is 16.3 Å². The van der Waals surface area contributed by atoms with Gasteiger partial charge in [-0.15, -0.1) is 0 Å². The molecule has 2 atom stereocenters. The van der Waals surface area contributed by atoms with Gasteiger partial charge in [0.2, 0.25) is 6.29 Å². The number of nitriles is 1. The molecule has 2 unspecified atom stereocenters. The zero-order valence-corrected chi connectivity index (χ0v) is 20.8. The normalized spacial score (nSPS) is 17.1. The lowest BCUT2D eigenvalue weighted by Gasteiger charge is -2.35. The Morgan fingerprint density at radius 2 is 2.14 bits per heavy atom. The Labute approximate surface area is 205 Å². The molecule has 0 spiro atoms. The first-order valence-electron chi connectivity index (χ1n) is 11.2. The van der Waals surface area contributed by atoms with Crippen molar-refractivity contribution in [2.24, 2.45) is 5.73 Å². The monoisotopic (exact) mass is 483 g/mol. The predicted octanol–water partition coefficient (Wildman–Crippen LogP) is 1.94. The van der Waals surface area contributed by atoms with Crippen LogP contribution in [-0.2, 0) is 15.9 Å². The van der Waals surface area contributed by atoms with Crippen LogP contribution in [0.3, 0.4) is 0 Å². The third kappa shape index (κ3) is 6.04. The number of methoxy groups -OCH3 is 2. The summed E-state index contributed by atoms with van der Waals surface area (Å²) in [6, 6.07) is 6.40. The zero-order chi connectivity index (χ0) is 25.8.